The Morgan fingerprint density at radius 1 is 1.24 bits per heavy atom. The molecule has 1 rings (SSSR count). The van der Waals surface area contributed by atoms with Crippen molar-refractivity contribution >= 4 is 36.0 Å². The number of ether oxygens (including phenoxy) is 1. The highest BCUT2D eigenvalue weighted by Gasteiger charge is 2.15. The van der Waals surface area contributed by atoms with Gasteiger partial charge in [0.25, 0.3) is 0 Å². The number of guanidine groups is 1. The Labute approximate surface area is 167 Å². The van der Waals surface area contributed by atoms with Crippen LogP contribution in [-0.2, 0) is 18.2 Å². The van der Waals surface area contributed by atoms with E-state index in [1.165, 1.54) is 5.56 Å². The number of amides is 1. The first-order chi connectivity index (χ1) is 11.3. The summed E-state index contributed by atoms with van der Waals surface area (Å²) in [6.45, 7) is 7.35. The molecule has 3 N–H and O–H groups in total. The van der Waals surface area contributed by atoms with E-state index in [2.05, 4.69) is 26.0 Å². The third-order valence-electron chi connectivity index (χ3n) is 3.00. The molecule has 8 nitrogen and oxygen atoms in total. The number of carbonyl (C=O) groups is 1. The van der Waals surface area contributed by atoms with Gasteiger partial charge in [-0.2, -0.15) is 5.10 Å². The molecule has 0 radical (unpaired) electrons. The Bertz CT molecular complexity index is 539. The lowest BCUT2D eigenvalue weighted by Gasteiger charge is -2.19. The summed E-state index contributed by atoms with van der Waals surface area (Å²) in [6.07, 6.45) is 5.45. The number of carbonyl (C=O) groups excluding carboxylic acids is 1. The van der Waals surface area contributed by atoms with E-state index in [0.717, 1.165) is 19.4 Å². The van der Waals surface area contributed by atoms with Crippen molar-refractivity contribution in [3.05, 3.63) is 18.0 Å². The number of aryl methyl sites for hydroxylation is 2. The molecule has 0 aliphatic heterocycles. The Hall–Kier alpha value is -1.52. The predicted molar refractivity (Wildman–Crippen MR) is 111 cm³/mol. The van der Waals surface area contributed by atoms with Crippen LogP contribution in [0.4, 0.5) is 4.79 Å². The van der Waals surface area contributed by atoms with E-state index in [0.29, 0.717) is 19.0 Å². The lowest BCUT2D eigenvalue weighted by molar-refractivity contribution is 0.0529. The molecule has 1 heterocycles. The lowest BCUT2D eigenvalue weighted by Crippen LogP contribution is -2.42. The Balaban J connectivity index is 0.00000576. The molecular weight excluding hydrogens is 435 g/mol. The number of aromatic nitrogens is 2. The quantitative estimate of drug-likeness (QED) is 0.246. The topological polar surface area (TPSA) is 92.6 Å². The second kappa shape index (κ2) is 11.9. The van der Waals surface area contributed by atoms with Crippen molar-refractivity contribution in [1.29, 1.82) is 0 Å². The van der Waals surface area contributed by atoms with Gasteiger partial charge in [0.2, 0.25) is 0 Å². The maximum atomic E-state index is 11.5. The second-order valence-corrected chi connectivity index (χ2v) is 6.48. The van der Waals surface area contributed by atoms with Gasteiger partial charge in [0.05, 0.1) is 6.20 Å². The van der Waals surface area contributed by atoms with Crippen LogP contribution in [0.25, 0.3) is 0 Å². The third-order valence-corrected chi connectivity index (χ3v) is 3.00. The molecular formula is C16H31IN6O2. The van der Waals surface area contributed by atoms with E-state index >= 15 is 0 Å². The highest BCUT2D eigenvalue weighted by molar-refractivity contribution is 14.0. The van der Waals surface area contributed by atoms with E-state index in [4.69, 9.17) is 4.74 Å². The van der Waals surface area contributed by atoms with Gasteiger partial charge in [-0.25, -0.2) is 4.79 Å². The molecule has 144 valence electrons. The van der Waals surface area contributed by atoms with Crippen LogP contribution in [-0.4, -0.2) is 54.1 Å². The second-order valence-electron chi connectivity index (χ2n) is 6.48. The van der Waals surface area contributed by atoms with Gasteiger partial charge in [0.1, 0.15) is 5.60 Å². The molecule has 0 aliphatic rings. The number of alkyl carbamates (subject to hydrolysis) is 1. The average molecular weight is 466 g/mol. The fourth-order valence-corrected chi connectivity index (χ4v) is 1.98. The number of halogens is 1. The van der Waals surface area contributed by atoms with Crippen molar-refractivity contribution in [2.75, 3.05) is 26.7 Å². The van der Waals surface area contributed by atoms with Gasteiger partial charge in [-0.15, -0.1) is 24.0 Å². The zero-order chi connectivity index (χ0) is 18.0. The van der Waals surface area contributed by atoms with Gasteiger partial charge in [-0.05, 0) is 39.2 Å². The van der Waals surface area contributed by atoms with Gasteiger partial charge in [-0.1, -0.05) is 0 Å². The van der Waals surface area contributed by atoms with Gasteiger partial charge in [0, 0.05) is 39.9 Å². The summed E-state index contributed by atoms with van der Waals surface area (Å²) in [6, 6.07) is 0. The third kappa shape index (κ3) is 11.6. The largest absolute Gasteiger partial charge is 0.444 e. The van der Waals surface area contributed by atoms with Crippen LogP contribution in [0.5, 0.6) is 0 Å². The fourth-order valence-electron chi connectivity index (χ4n) is 1.98. The van der Waals surface area contributed by atoms with Crippen molar-refractivity contribution in [2.24, 2.45) is 12.0 Å². The molecule has 25 heavy (non-hydrogen) atoms. The van der Waals surface area contributed by atoms with Crippen molar-refractivity contribution < 1.29 is 9.53 Å². The predicted octanol–water partition coefficient (Wildman–Crippen LogP) is 1.66. The number of hydrogen-bond acceptors (Lipinski definition) is 4. The molecule has 1 aromatic heterocycles. The standard InChI is InChI=1S/C16H30N6O2.HI/c1-16(2,3)24-15(23)20-10-9-19-14(17-4)18-8-6-7-13-11-21-22(5)12-13;/h11-12H,6-10H2,1-5H3,(H,20,23)(H2,17,18,19);1H. The van der Waals surface area contributed by atoms with E-state index < -0.39 is 11.7 Å². The molecule has 1 amide bonds. The van der Waals surface area contributed by atoms with Gasteiger partial charge < -0.3 is 20.7 Å². The molecule has 0 bridgehead atoms. The first kappa shape index (κ1) is 23.5. The van der Waals surface area contributed by atoms with Gasteiger partial charge in [0.15, 0.2) is 5.96 Å². The molecule has 0 atom stereocenters. The van der Waals surface area contributed by atoms with Crippen LogP contribution in [0.15, 0.2) is 17.4 Å². The highest BCUT2D eigenvalue weighted by Crippen LogP contribution is 2.05. The molecule has 1 aromatic rings. The van der Waals surface area contributed by atoms with Crippen molar-refractivity contribution in [3.63, 3.8) is 0 Å². The molecule has 0 spiro atoms. The minimum absolute atomic E-state index is 0. The zero-order valence-electron chi connectivity index (χ0n) is 15.8. The van der Waals surface area contributed by atoms with E-state index in [9.17, 15) is 4.79 Å². The number of hydrogen-bond donors (Lipinski definition) is 3. The number of nitrogens with zero attached hydrogens (tertiary/aromatic N) is 3. The normalized spacial score (nSPS) is 11.5. The monoisotopic (exact) mass is 466 g/mol. The average Bonchev–Trinajstić information content (AvgIpc) is 2.89. The van der Waals surface area contributed by atoms with Crippen LogP contribution in [0.1, 0.15) is 32.8 Å². The summed E-state index contributed by atoms with van der Waals surface area (Å²) in [4.78, 5) is 15.7. The number of nitrogens with one attached hydrogen (secondary N) is 3. The minimum atomic E-state index is -0.483. The molecule has 9 heteroatoms. The summed E-state index contributed by atoms with van der Waals surface area (Å²) in [7, 11) is 3.64. The van der Waals surface area contributed by atoms with Crippen molar-refractivity contribution in [1.82, 2.24) is 25.7 Å². The van der Waals surface area contributed by atoms with E-state index in [-0.39, 0.29) is 24.0 Å². The molecule has 0 saturated carbocycles. The first-order valence-electron chi connectivity index (χ1n) is 8.19. The number of aliphatic imine (C=N–C) groups is 1. The fraction of sp³-hybridized carbons (Fsp3) is 0.688. The summed E-state index contributed by atoms with van der Waals surface area (Å²) in [5, 5.41) is 13.2. The maximum absolute atomic E-state index is 11.5. The molecule has 0 unspecified atom stereocenters. The molecule has 0 saturated heterocycles. The zero-order valence-corrected chi connectivity index (χ0v) is 18.1. The Kier molecular flexibility index (Phi) is 11.2. The van der Waals surface area contributed by atoms with E-state index in [1.54, 1.807) is 11.7 Å². The highest BCUT2D eigenvalue weighted by atomic mass is 127. The van der Waals surface area contributed by atoms with Crippen molar-refractivity contribution in [2.45, 2.75) is 39.2 Å². The smallest absolute Gasteiger partial charge is 0.407 e. The Morgan fingerprint density at radius 3 is 2.44 bits per heavy atom. The minimum Gasteiger partial charge on any atom is -0.444 e. The first-order valence-corrected chi connectivity index (χ1v) is 8.19. The molecule has 0 aliphatic carbocycles. The number of rotatable bonds is 7. The van der Waals surface area contributed by atoms with Gasteiger partial charge in [-0.3, -0.25) is 9.67 Å². The lowest BCUT2D eigenvalue weighted by atomic mass is 10.2. The molecule has 0 fully saturated rings. The summed E-state index contributed by atoms with van der Waals surface area (Å²) >= 11 is 0. The van der Waals surface area contributed by atoms with Crippen molar-refractivity contribution in [3.8, 4) is 0 Å². The van der Waals surface area contributed by atoms with Crippen LogP contribution in [0, 0.1) is 0 Å². The van der Waals surface area contributed by atoms with Gasteiger partial charge >= 0.3 is 6.09 Å². The maximum Gasteiger partial charge on any atom is 0.407 e. The van der Waals surface area contributed by atoms with Crippen LogP contribution >= 0.6 is 24.0 Å². The SMILES string of the molecule is CN=C(NCCCc1cnn(C)c1)NCCNC(=O)OC(C)(C)C.I. The van der Waals surface area contributed by atoms with Crippen LogP contribution in [0.2, 0.25) is 0 Å². The van der Waals surface area contributed by atoms with Crippen LogP contribution in [0.3, 0.4) is 0 Å². The van der Waals surface area contributed by atoms with Crippen LogP contribution < -0.4 is 16.0 Å². The Morgan fingerprint density at radius 2 is 1.88 bits per heavy atom. The summed E-state index contributed by atoms with van der Waals surface area (Å²) in [5.74, 6) is 0.715. The van der Waals surface area contributed by atoms with E-state index in [1.807, 2.05) is 40.2 Å². The summed E-state index contributed by atoms with van der Waals surface area (Å²) in [5.41, 5.74) is 0.743. The molecule has 0 aromatic carbocycles. The summed E-state index contributed by atoms with van der Waals surface area (Å²) < 4.78 is 6.97.